The summed E-state index contributed by atoms with van der Waals surface area (Å²) >= 11 is 16.8. The van der Waals surface area contributed by atoms with E-state index in [2.05, 4.69) is 141 Å². The van der Waals surface area contributed by atoms with Gasteiger partial charge in [0.05, 0.1) is 25.1 Å². The van der Waals surface area contributed by atoms with Gasteiger partial charge in [-0.15, -0.1) is 0 Å². The molecule has 0 N–H and O–H groups in total. The highest BCUT2D eigenvalue weighted by Gasteiger charge is 2.26. The van der Waals surface area contributed by atoms with Crippen molar-refractivity contribution >= 4 is 91.7 Å². The minimum absolute atomic E-state index is 0.144. The van der Waals surface area contributed by atoms with Gasteiger partial charge in [-0.25, -0.2) is 3.93 Å². The average Bonchev–Trinajstić information content (AvgIpc) is 3.65. The van der Waals surface area contributed by atoms with E-state index in [9.17, 15) is 9.59 Å². The molecule has 340 valence electrons. The number of hydrogen-bond donors (Lipinski definition) is 0. The van der Waals surface area contributed by atoms with Crippen molar-refractivity contribution in [3.05, 3.63) is 232 Å². The predicted molar refractivity (Wildman–Crippen MR) is 284 cm³/mol. The molecule has 13 rings (SSSR count). The lowest BCUT2D eigenvalue weighted by atomic mass is 10.0. The lowest BCUT2D eigenvalue weighted by molar-refractivity contribution is -0.131. The second-order valence-corrected chi connectivity index (χ2v) is 20.3. The normalized spacial score (nSPS) is 13.5. The van der Waals surface area contributed by atoms with Crippen molar-refractivity contribution in [3.63, 3.8) is 0 Å². The van der Waals surface area contributed by atoms with Crippen LogP contribution in [0.2, 0.25) is 0 Å². The van der Waals surface area contributed by atoms with Gasteiger partial charge in [0.1, 0.15) is 46.0 Å². The van der Waals surface area contributed by atoms with Crippen LogP contribution in [0.15, 0.2) is 188 Å². The highest BCUT2D eigenvalue weighted by molar-refractivity contribution is 9.11. The molecule has 0 spiro atoms. The maximum atomic E-state index is 10.4. The molecular weight excluding hydrogens is 1180 g/mol. The maximum absolute atomic E-state index is 10.4. The Balaban J connectivity index is 0.000000108. The van der Waals surface area contributed by atoms with Gasteiger partial charge >= 0.3 is 0 Å². The van der Waals surface area contributed by atoms with Gasteiger partial charge in [0, 0.05) is 69.7 Å². The number of imide groups is 1. The zero-order chi connectivity index (χ0) is 47.1. The Morgan fingerprint density at radius 1 is 0.338 bits per heavy atom. The number of carbonyl (C=O) groups excluding carboxylic acids is 2. The molecule has 5 heterocycles. The van der Waals surface area contributed by atoms with Gasteiger partial charge in [-0.3, -0.25) is 9.59 Å². The molecule has 8 aromatic carbocycles. The molecule has 2 amide bonds. The van der Waals surface area contributed by atoms with E-state index in [1.54, 1.807) is 0 Å². The fourth-order valence-electron chi connectivity index (χ4n) is 8.01. The first kappa shape index (κ1) is 47.6. The van der Waals surface area contributed by atoms with Crippen molar-refractivity contribution in [2.75, 3.05) is 0 Å². The Kier molecular flexibility index (Phi) is 15.3. The van der Waals surface area contributed by atoms with Gasteiger partial charge in [-0.05, 0) is 127 Å². The van der Waals surface area contributed by atoms with Gasteiger partial charge in [0.15, 0.2) is 0 Å². The van der Waals surface area contributed by atoms with Gasteiger partial charge in [-0.2, -0.15) is 0 Å². The van der Waals surface area contributed by atoms with Crippen molar-refractivity contribution in [2.24, 2.45) is 0 Å². The smallest absolute Gasteiger partial charge is 0.239 e. The molecule has 1 saturated heterocycles. The summed E-state index contributed by atoms with van der Waals surface area (Å²) in [6, 6.07) is 57.3. The highest BCUT2D eigenvalue weighted by Crippen LogP contribution is 2.43. The molecule has 68 heavy (non-hydrogen) atoms. The Hall–Kier alpha value is -5.50. The Bertz CT molecular complexity index is 3060. The van der Waals surface area contributed by atoms with Crippen molar-refractivity contribution in [1.82, 2.24) is 3.93 Å². The molecule has 8 aromatic rings. The summed E-state index contributed by atoms with van der Waals surface area (Å²) in [5.74, 6) is 7.46. The third-order valence-corrected chi connectivity index (χ3v) is 14.4. The van der Waals surface area contributed by atoms with Crippen molar-refractivity contribution in [2.45, 2.75) is 38.5 Å². The number of halogens is 5. The summed E-state index contributed by atoms with van der Waals surface area (Å²) in [6.45, 7) is 0. The lowest BCUT2D eigenvalue weighted by Gasteiger charge is -2.21. The number of rotatable bonds is 0. The van der Waals surface area contributed by atoms with E-state index in [4.69, 9.17) is 18.9 Å². The van der Waals surface area contributed by atoms with Crippen LogP contribution in [0.4, 0.5) is 0 Å². The summed E-state index contributed by atoms with van der Waals surface area (Å²) < 4.78 is 28.6. The molecule has 12 heteroatoms. The summed E-state index contributed by atoms with van der Waals surface area (Å²) in [5, 5.41) is 0. The summed E-state index contributed by atoms with van der Waals surface area (Å²) in [7, 11) is 0. The summed E-state index contributed by atoms with van der Waals surface area (Å²) in [5.41, 5.74) is 9.97. The fraction of sp³-hybridized carbons (Fsp3) is 0.107. The largest absolute Gasteiger partial charge is 0.457 e. The van der Waals surface area contributed by atoms with Crippen LogP contribution in [0.3, 0.4) is 0 Å². The number of fused-ring (bicyclic) bond motifs is 8. The van der Waals surface area contributed by atoms with E-state index >= 15 is 0 Å². The highest BCUT2D eigenvalue weighted by atomic mass is 79.9. The zero-order valence-corrected chi connectivity index (χ0v) is 44.1. The molecule has 5 aliphatic rings. The molecule has 0 saturated carbocycles. The number of ether oxygens (including phenoxy) is 4. The lowest BCUT2D eigenvalue weighted by Crippen LogP contribution is -2.16. The molecule has 0 unspecified atom stereocenters. The van der Waals surface area contributed by atoms with E-state index in [0.29, 0.717) is 12.8 Å². The number of benzene rings is 8. The van der Waals surface area contributed by atoms with Gasteiger partial charge in [0.25, 0.3) is 0 Å². The third kappa shape index (κ3) is 11.3. The van der Waals surface area contributed by atoms with Crippen LogP contribution in [-0.2, 0) is 35.3 Å². The molecule has 1 fully saturated rings. The molecule has 7 nitrogen and oxygen atoms in total. The first-order chi connectivity index (χ1) is 33.1. The average molecular weight is 1220 g/mol. The first-order valence-corrected chi connectivity index (χ1v) is 25.6. The zero-order valence-electron chi connectivity index (χ0n) is 36.2. The fourth-order valence-corrected chi connectivity index (χ4v) is 10.2. The Morgan fingerprint density at radius 2 is 0.647 bits per heavy atom. The van der Waals surface area contributed by atoms with Crippen LogP contribution in [0.5, 0.6) is 46.0 Å². The van der Waals surface area contributed by atoms with Crippen LogP contribution in [0.1, 0.15) is 57.3 Å². The summed E-state index contributed by atoms with van der Waals surface area (Å²) in [4.78, 5) is 20.9. The van der Waals surface area contributed by atoms with E-state index in [1.807, 2.05) is 109 Å². The monoisotopic (exact) mass is 1220 g/mol. The molecule has 0 aliphatic carbocycles. The minimum Gasteiger partial charge on any atom is -0.457 e. The van der Waals surface area contributed by atoms with Gasteiger partial charge in [-0.1, -0.05) is 129 Å². The van der Waals surface area contributed by atoms with E-state index in [1.165, 1.54) is 44.5 Å². The number of para-hydroxylation sites is 6. The van der Waals surface area contributed by atoms with E-state index in [-0.39, 0.29) is 11.8 Å². The first-order valence-electron chi connectivity index (χ1n) is 21.7. The molecule has 0 bridgehead atoms. The van der Waals surface area contributed by atoms with Gasteiger partial charge < -0.3 is 18.9 Å². The van der Waals surface area contributed by atoms with Crippen LogP contribution in [-0.4, -0.2) is 15.7 Å². The SMILES string of the molecule is Brc1ccc2c(c1)Cc1cccc(Br)c1O2.Brc1ccc2c(c1)Cc1ccccc1O2.Brc1cccc2c1Oc1ccccc1C2.O=C1CCC(=O)N1Br.c1ccc2c(c1)Cc1ccccc1O2. The van der Waals surface area contributed by atoms with Crippen LogP contribution in [0.25, 0.3) is 0 Å². The molecule has 0 atom stereocenters. The second-order valence-electron chi connectivity index (χ2n) is 16.1. The van der Waals surface area contributed by atoms with Crippen molar-refractivity contribution in [1.29, 1.82) is 0 Å². The molecule has 5 aliphatic heterocycles. The quantitative estimate of drug-likeness (QED) is 0.111. The third-order valence-electron chi connectivity index (χ3n) is 11.4. The number of nitrogens with zero attached hydrogens (tertiary/aromatic N) is 1. The number of hydrogen-bond acceptors (Lipinski definition) is 6. The minimum atomic E-state index is -0.144. The standard InChI is InChI=1S/C13H8Br2O.2C13H9BrO.C13H10O.C4H4BrNO2/c14-10-4-5-12-9(7-10)6-8-2-1-3-11(15)13(8)16-12;14-11-6-3-5-10-8-9-4-1-2-7-12(9)15-13(10)11;14-11-5-6-13-10(8-11)7-9-3-1-2-4-12(9)15-13;1-3-7-12-10(5-1)9-11-6-2-4-8-13(11)14-12;5-6-3(7)1-2-4(6)8/h1-5,7H,6H2;1-7H,8H2;1-6,8H,7H2;1-8H,9H2;1-2H2. The molecule has 0 aromatic heterocycles. The van der Waals surface area contributed by atoms with Gasteiger partial charge in [0.2, 0.25) is 11.8 Å². The van der Waals surface area contributed by atoms with E-state index < -0.39 is 0 Å². The van der Waals surface area contributed by atoms with Crippen LogP contribution >= 0.6 is 79.9 Å². The Morgan fingerprint density at radius 3 is 1.04 bits per heavy atom. The Labute approximate surface area is 437 Å². The van der Waals surface area contributed by atoms with E-state index in [0.717, 1.165) is 93.5 Å². The number of amides is 2. The predicted octanol–water partition coefficient (Wildman–Crippen LogP) is 17.0. The number of carbonyl (C=O) groups is 2. The second kappa shape index (κ2) is 21.9. The summed E-state index contributed by atoms with van der Waals surface area (Å²) in [6.07, 6.45) is 4.50. The maximum Gasteiger partial charge on any atom is 0.239 e. The van der Waals surface area contributed by atoms with Crippen molar-refractivity contribution in [3.8, 4) is 46.0 Å². The van der Waals surface area contributed by atoms with Crippen LogP contribution in [0, 0.1) is 0 Å². The van der Waals surface area contributed by atoms with Crippen molar-refractivity contribution < 1.29 is 28.5 Å². The molecular formula is C56H40Br5NO6. The topological polar surface area (TPSA) is 74.3 Å². The van der Waals surface area contributed by atoms with Crippen LogP contribution < -0.4 is 18.9 Å². The molecule has 0 radical (unpaired) electrons.